The van der Waals surface area contributed by atoms with Gasteiger partial charge in [0.1, 0.15) is 11.6 Å². The molecule has 0 heterocycles. The third-order valence-corrected chi connectivity index (χ3v) is 3.24. The van der Waals surface area contributed by atoms with Crippen LogP contribution in [0.1, 0.15) is 27.8 Å². The summed E-state index contributed by atoms with van der Waals surface area (Å²) in [5, 5.41) is 12.0. The molecule has 0 fully saturated rings. The molecule has 4 heteroatoms. The molecule has 0 saturated heterocycles. The Kier molecular flexibility index (Phi) is 4.66. The lowest BCUT2D eigenvalue weighted by molar-refractivity contribution is 0.605. The molecule has 1 N–H and O–H groups in total. The Hall–Kier alpha value is -2.25. The fourth-order valence-corrected chi connectivity index (χ4v) is 2.31. The normalized spacial score (nSPS) is 10.4. The van der Waals surface area contributed by atoms with Gasteiger partial charge in [0.2, 0.25) is 0 Å². The van der Waals surface area contributed by atoms with Crippen LogP contribution in [0.3, 0.4) is 0 Å². The zero-order valence-corrected chi connectivity index (χ0v) is 12.0. The van der Waals surface area contributed by atoms with E-state index in [0.717, 1.165) is 5.56 Å². The molecule has 0 spiro atoms. The largest absolute Gasteiger partial charge is 0.309 e. The molecule has 0 bridgehead atoms. The van der Waals surface area contributed by atoms with E-state index in [1.54, 1.807) is 32.0 Å². The molecular weight excluding hydrogens is 270 g/mol. The summed E-state index contributed by atoms with van der Waals surface area (Å²) in [5.41, 5.74) is 3.22. The van der Waals surface area contributed by atoms with Crippen LogP contribution in [-0.2, 0) is 13.1 Å². The number of benzene rings is 2. The zero-order chi connectivity index (χ0) is 15.4. The van der Waals surface area contributed by atoms with Crippen LogP contribution >= 0.6 is 0 Å². The first-order valence-corrected chi connectivity index (χ1v) is 6.65. The topological polar surface area (TPSA) is 35.8 Å². The number of aryl methyl sites for hydroxylation is 2. The monoisotopic (exact) mass is 286 g/mol. The van der Waals surface area contributed by atoms with Gasteiger partial charge in [0.15, 0.2) is 0 Å². The van der Waals surface area contributed by atoms with E-state index in [-0.39, 0.29) is 5.82 Å². The van der Waals surface area contributed by atoms with Gasteiger partial charge in [-0.1, -0.05) is 12.1 Å². The van der Waals surface area contributed by atoms with Crippen LogP contribution < -0.4 is 5.32 Å². The number of nitrogens with one attached hydrogen (secondary N) is 1. The Morgan fingerprint density at radius 2 is 1.52 bits per heavy atom. The number of hydrogen-bond acceptors (Lipinski definition) is 2. The van der Waals surface area contributed by atoms with E-state index in [9.17, 15) is 8.78 Å². The van der Waals surface area contributed by atoms with Crippen molar-refractivity contribution in [2.24, 2.45) is 0 Å². The molecule has 2 aromatic carbocycles. The molecular formula is C17H16F2N2. The van der Waals surface area contributed by atoms with E-state index in [0.29, 0.717) is 35.3 Å². The summed E-state index contributed by atoms with van der Waals surface area (Å²) in [7, 11) is 0. The fourth-order valence-electron chi connectivity index (χ4n) is 2.31. The van der Waals surface area contributed by atoms with Gasteiger partial charge in [0.25, 0.3) is 0 Å². The Morgan fingerprint density at radius 3 is 2.10 bits per heavy atom. The van der Waals surface area contributed by atoms with Gasteiger partial charge in [-0.2, -0.15) is 5.26 Å². The molecule has 21 heavy (non-hydrogen) atoms. The molecule has 2 nitrogen and oxygen atoms in total. The van der Waals surface area contributed by atoms with Gasteiger partial charge in [-0.3, -0.25) is 0 Å². The van der Waals surface area contributed by atoms with Gasteiger partial charge in [0, 0.05) is 13.1 Å². The first-order valence-electron chi connectivity index (χ1n) is 6.65. The summed E-state index contributed by atoms with van der Waals surface area (Å²) in [6.07, 6.45) is 0. The summed E-state index contributed by atoms with van der Waals surface area (Å²) in [4.78, 5) is 0. The summed E-state index contributed by atoms with van der Waals surface area (Å²) in [6, 6.07) is 9.77. The van der Waals surface area contributed by atoms with Crippen LogP contribution in [0.15, 0.2) is 30.3 Å². The van der Waals surface area contributed by atoms with E-state index in [1.807, 2.05) is 6.07 Å². The van der Waals surface area contributed by atoms with Crippen LogP contribution in [0, 0.1) is 36.8 Å². The standard InChI is InChI=1S/C17H16F2N2/c1-11-3-14(4-12(2)17(11)19)9-21-10-15-5-13(8-20)6-16(18)7-15/h3-7,21H,9-10H2,1-2H3. The van der Waals surface area contributed by atoms with Gasteiger partial charge in [0.05, 0.1) is 11.6 Å². The van der Waals surface area contributed by atoms with Crippen LogP contribution in [0.5, 0.6) is 0 Å². The van der Waals surface area contributed by atoms with Crippen LogP contribution in [0.2, 0.25) is 0 Å². The van der Waals surface area contributed by atoms with E-state index < -0.39 is 5.82 Å². The molecule has 0 atom stereocenters. The highest BCUT2D eigenvalue weighted by Gasteiger charge is 2.05. The maximum Gasteiger partial charge on any atom is 0.129 e. The van der Waals surface area contributed by atoms with Crippen molar-refractivity contribution in [3.8, 4) is 6.07 Å². The van der Waals surface area contributed by atoms with Crippen molar-refractivity contribution in [1.82, 2.24) is 5.32 Å². The lowest BCUT2D eigenvalue weighted by atomic mass is 10.1. The van der Waals surface area contributed by atoms with Crippen LogP contribution in [0.25, 0.3) is 0 Å². The Morgan fingerprint density at radius 1 is 0.952 bits per heavy atom. The van der Waals surface area contributed by atoms with Crippen LogP contribution in [0.4, 0.5) is 8.78 Å². The second-order valence-electron chi connectivity index (χ2n) is 5.11. The maximum absolute atomic E-state index is 13.5. The second kappa shape index (κ2) is 6.47. The van der Waals surface area contributed by atoms with Gasteiger partial charge >= 0.3 is 0 Å². The third kappa shape index (κ3) is 3.87. The summed E-state index contributed by atoms with van der Waals surface area (Å²) < 4.78 is 26.8. The number of rotatable bonds is 4. The molecule has 0 saturated carbocycles. The number of nitriles is 1. The molecule has 0 aliphatic rings. The Labute approximate surface area is 123 Å². The SMILES string of the molecule is Cc1cc(CNCc2cc(F)cc(C#N)c2)cc(C)c1F. The first kappa shape index (κ1) is 15.1. The van der Waals surface area contributed by atoms with Gasteiger partial charge in [-0.15, -0.1) is 0 Å². The minimum absolute atomic E-state index is 0.178. The lowest BCUT2D eigenvalue weighted by Gasteiger charge is -2.09. The molecule has 0 radical (unpaired) electrons. The molecule has 0 aliphatic carbocycles. The van der Waals surface area contributed by atoms with Crippen molar-refractivity contribution >= 4 is 0 Å². The molecule has 2 aromatic rings. The summed E-state index contributed by atoms with van der Waals surface area (Å²) in [5.74, 6) is -0.595. The van der Waals surface area contributed by atoms with E-state index in [1.165, 1.54) is 12.1 Å². The molecule has 0 aromatic heterocycles. The summed E-state index contributed by atoms with van der Waals surface area (Å²) >= 11 is 0. The Balaban J connectivity index is 2.02. The highest BCUT2D eigenvalue weighted by atomic mass is 19.1. The molecule has 2 rings (SSSR count). The lowest BCUT2D eigenvalue weighted by Crippen LogP contribution is -2.13. The van der Waals surface area contributed by atoms with Gasteiger partial charge in [-0.05, 0) is 54.3 Å². The second-order valence-corrected chi connectivity index (χ2v) is 5.11. The average molecular weight is 286 g/mol. The van der Waals surface area contributed by atoms with Gasteiger partial charge in [-0.25, -0.2) is 8.78 Å². The molecule has 0 aliphatic heterocycles. The third-order valence-electron chi connectivity index (χ3n) is 3.24. The number of hydrogen-bond donors (Lipinski definition) is 1. The maximum atomic E-state index is 13.5. The molecule has 0 unspecified atom stereocenters. The minimum atomic E-state index is -0.417. The highest BCUT2D eigenvalue weighted by Crippen LogP contribution is 2.15. The van der Waals surface area contributed by atoms with Crippen LogP contribution in [-0.4, -0.2) is 0 Å². The zero-order valence-electron chi connectivity index (χ0n) is 12.0. The van der Waals surface area contributed by atoms with Crippen molar-refractivity contribution in [1.29, 1.82) is 5.26 Å². The van der Waals surface area contributed by atoms with Crippen molar-refractivity contribution in [2.75, 3.05) is 0 Å². The Bertz CT molecular complexity index is 679. The smallest absolute Gasteiger partial charge is 0.129 e. The molecule has 108 valence electrons. The average Bonchev–Trinajstić information content (AvgIpc) is 2.44. The van der Waals surface area contributed by atoms with E-state index in [4.69, 9.17) is 5.26 Å². The predicted molar refractivity (Wildman–Crippen MR) is 77.5 cm³/mol. The fraction of sp³-hybridized carbons (Fsp3) is 0.235. The van der Waals surface area contributed by atoms with Crippen molar-refractivity contribution in [2.45, 2.75) is 26.9 Å². The van der Waals surface area contributed by atoms with Crippen molar-refractivity contribution in [3.05, 3.63) is 69.8 Å². The minimum Gasteiger partial charge on any atom is -0.309 e. The van der Waals surface area contributed by atoms with Gasteiger partial charge < -0.3 is 5.32 Å². The quantitative estimate of drug-likeness (QED) is 0.929. The van der Waals surface area contributed by atoms with E-state index >= 15 is 0 Å². The number of halogens is 2. The first-order chi connectivity index (χ1) is 9.99. The number of nitrogens with zero attached hydrogens (tertiary/aromatic N) is 1. The van der Waals surface area contributed by atoms with Crippen molar-refractivity contribution in [3.63, 3.8) is 0 Å². The van der Waals surface area contributed by atoms with E-state index in [2.05, 4.69) is 5.32 Å². The summed E-state index contributed by atoms with van der Waals surface area (Å²) in [6.45, 7) is 4.47. The predicted octanol–water partition coefficient (Wildman–Crippen LogP) is 3.74. The van der Waals surface area contributed by atoms with Crippen molar-refractivity contribution < 1.29 is 8.78 Å². The molecule has 0 amide bonds. The highest BCUT2D eigenvalue weighted by molar-refractivity contribution is 5.34.